The van der Waals surface area contributed by atoms with Crippen molar-refractivity contribution in [2.24, 2.45) is 10.8 Å². The molecule has 0 spiro atoms. The maximum atomic E-state index is 11.6. The summed E-state index contributed by atoms with van der Waals surface area (Å²) in [6.07, 6.45) is 5.19. The van der Waals surface area contributed by atoms with Gasteiger partial charge in [-0.3, -0.25) is 4.79 Å². The number of carbonyl (C=O) groups excluding carboxylic acids is 1. The third-order valence-corrected chi connectivity index (χ3v) is 3.06. The Balaban J connectivity index is 2.72. The lowest BCUT2D eigenvalue weighted by molar-refractivity contribution is -0.127. The summed E-state index contributed by atoms with van der Waals surface area (Å²) in [4.78, 5) is 11.6. The van der Waals surface area contributed by atoms with Crippen molar-refractivity contribution in [3.63, 3.8) is 0 Å². The van der Waals surface area contributed by atoms with Gasteiger partial charge in [-0.25, -0.2) is 0 Å². The van der Waals surface area contributed by atoms with Crippen molar-refractivity contribution in [1.29, 1.82) is 0 Å². The maximum Gasteiger partial charge on any atom is 0.133 e. The van der Waals surface area contributed by atoms with Gasteiger partial charge in [0, 0.05) is 12.8 Å². The lowest BCUT2D eigenvalue weighted by Crippen LogP contribution is -2.35. The molecule has 1 atom stereocenters. The number of rotatable bonds is 2. The standard InChI is InChI=1S/C12H22O/c1-5-6-12(4)8-10(13)7-11(2,3)9-12/h5-9H2,1-4H3. The molecule has 0 heterocycles. The van der Waals surface area contributed by atoms with Crippen LogP contribution in [0.1, 0.15) is 59.8 Å². The Morgan fingerprint density at radius 1 is 1.23 bits per heavy atom. The van der Waals surface area contributed by atoms with E-state index >= 15 is 0 Å². The normalized spacial score (nSPS) is 33.4. The zero-order chi connectivity index (χ0) is 10.1. The van der Waals surface area contributed by atoms with Crippen LogP contribution in [-0.4, -0.2) is 5.78 Å². The number of ketones is 1. The third-order valence-electron chi connectivity index (χ3n) is 3.06. The van der Waals surface area contributed by atoms with Gasteiger partial charge < -0.3 is 0 Å². The highest BCUT2D eigenvalue weighted by Crippen LogP contribution is 2.46. The van der Waals surface area contributed by atoms with E-state index in [0.29, 0.717) is 5.78 Å². The molecule has 1 nitrogen and oxygen atoms in total. The van der Waals surface area contributed by atoms with Crippen molar-refractivity contribution in [2.75, 3.05) is 0 Å². The molecular weight excluding hydrogens is 160 g/mol. The van der Waals surface area contributed by atoms with Crippen LogP contribution in [0, 0.1) is 10.8 Å². The minimum absolute atomic E-state index is 0.235. The van der Waals surface area contributed by atoms with Crippen LogP contribution in [0.4, 0.5) is 0 Å². The molecule has 1 aliphatic carbocycles. The summed E-state index contributed by atoms with van der Waals surface area (Å²) in [7, 11) is 0. The summed E-state index contributed by atoms with van der Waals surface area (Å²) in [6.45, 7) is 8.92. The van der Waals surface area contributed by atoms with Gasteiger partial charge in [0.15, 0.2) is 0 Å². The van der Waals surface area contributed by atoms with Crippen LogP contribution in [0.3, 0.4) is 0 Å². The van der Waals surface area contributed by atoms with Crippen molar-refractivity contribution in [3.8, 4) is 0 Å². The zero-order valence-corrected chi connectivity index (χ0v) is 9.44. The van der Waals surface area contributed by atoms with E-state index in [2.05, 4.69) is 27.7 Å². The van der Waals surface area contributed by atoms with Crippen LogP contribution in [0.15, 0.2) is 0 Å². The van der Waals surface area contributed by atoms with Crippen LogP contribution in [-0.2, 0) is 4.79 Å². The molecule has 0 N–H and O–H groups in total. The Bertz CT molecular complexity index is 205. The molecule has 0 aliphatic heterocycles. The van der Waals surface area contributed by atoms with Crippen molar-refractivity contribution in [1.82, 2.24) is 0 Å². The maximum absolute atomic E-state index is 11.6. The Hall–Kier alpha value is -0.330. The minimum atomic E-state index is 0.235. The van der Waals surface area contributed by atoms with Gasteiger partial charge in [-0.05, 0) is 23.7 Å². The third kappa shape index (κ3) is 2.82. The molecular formula is C12H22O. The average molecular weight is 182 g/mol. The van der Waals surface area contributed by atoms with Gasteiger partial charge >= 0.3 is 0 Å². The quantitative estimate of drug-likeness (QED) is 0.638. The summed E-state index contributed by atoms with van der Waals surface area (Å²) in [5, 5.41) is 0. The highest BCUT2D eigenvalue weighted by Gasteiger charge is 2.39. The molecule has 1 rings (SSSR count). The van der Waals surface area contributed by atoms with Gasteiger partial charge in [0.05, 0.1) is 0 Å². The van der Waals surface area contributed by atoms with Crippen molar-refractivity contribution >= 4 is 5.78 Å². The van der Waals surface area contributed by atoms with Crippen LogP contribution in [0.25, 0.3) is 0 Å². The second-order valence-corrected chi connectivity index (χ2v) is 5.79. The zero-order valence-electron chi connectivity index (χ0n) is 9.44. The molecule has 13 heavy (non-hydrogen) atoms. The summed E-state index contributed by atoms with van der Waals surface area (Å²) < 4.78 is 0. The predicted molar refractivity (Wildman–Crippen MR) is 55.7 cm³/mol. The molecule has 1 saturated carbocycles. The first-order valence-electron chi connectivity index (χ1n) is 5.39. The highest BCUT2D eigenvalue weighted by molar-refractivity contribution is 5.80. The summed E-state index contributed by atoms with van der Waals surface area (Å²) in [6, 6.07) is 0. The summed E-state index contributed by atoms with van der Waals surface area (Å²) in [5.41, 5.74) is 0.521. The van der Waals surface area contributed by atoms with E-state index in [-0.39, 0.29) is 10.8 Å². The summed E-state index contributed by atoms with van der Waals surface area (Å²) in [5.74, 6) is 0.465. The van der Waals surface area contributed by atoms with E-state index in [1.165, 1.54) is 19.3 Å². The van der Waals surface area contributed by atoms with E-state index in [9.17, 15) is 4.79 Å². The van der Waals surface area contributed by atoms with Gasteiger partial charge in [-0.2, -0.15) is 0 Å². The molecule has 0 aromatic heterocycles. The predicted octanol–water partition coefficient (Wildman–Crippen LogP) is 3.57. The van der Waals surface area contributed by atoms with E-state index in [1.54, 1.807) is 0 Å². The van der Waals surface area contributed by atoms with Crippen molar-refractivity contribution in [3.05, 3.63) is 0 Å². The van der Waals surface area contributed by atoms with E-state index in [4.69, 9.17) is 0 Å². The topological polar surface area (TPSA) is 17.1 Å². The smallest absolute Gasteiger partial charge is 0.133 e. The van der Waals surface area contributed by atoms with E-state index in [0.717, 1.165) is 12.8 Å². The molecule has 76 valence electrons. The van der Waals surface area contributed by atoms with Crippen LogP contribution < -0.4 is 0 Å². The minimum Gasteiger partial charge on any atom is -0.300 e. The van der Waals surface area contributed by atoms with Gasteiger partial charge in [0.25, 0.3) is 0 Å². The molecule has 1 fully saturated rings. The molecule has 0 aromatic rings. The molecule has 0 saturated heterocycles. The van der Waals surface area contributed by atoms with E-state index < -0.39 is 0 Å². The Labute approximate surface area is 81.9 Å². The van der Waals surface area contributed by atoms with Gasteiger partial charge in [0.1, 0.15) is 5.78 Å². The molecule has 0 aromatic carbocycles. The van der Waals surface area contributed by atoms with Crippen LogP contribution in [0.5, 0.6) is 0 Å². The van der Waals surface area contributed by atoms with Gasteiger partial charge in [-0.15, -0.1) is 0 Å². The number of carbonyl (C=O) groups is 1. The second kappa shape index (κ2) is 3.43. The first-order valence-corrected chi connectivity index (χ1v) is 5.39. The lowest BCUT2D eigenvalue weighted by Gasteiger charge is -2.42. The van der Waals surface area contributed by atoms with Gasteiger partial charge in [0.2, 0.25) is 0 Å². The van der Waals surface area contributed by atoms with Crippen LogP contribution >= 0.6 is 0 Å². The molecule has 0 amide bonds. The highest BCUT2D eigenvalue weighted by atomic mass is 16.1. The Morgan fingerprint density at radius 2 is 1.85 bits per heavy atom. The average Bonchev–Trinajstić information content (AvgIpc) is 1.78. The molecule has 1 aliphatic rings. The van der Waals surface area contributed by atoms with Crippen molar-refractivity contribution in [2.45, 2.75) is 59.8 Å². The number of hydrogen-bond acceptors (Lipinski definition) is 1. The monoisotopic (exact) mass is 182 g/mol. The van der Waals surface area contributed by atoms with E-state index in [1.807, 2.05) is 0 Å². The fraction of sp³-hybridized carbons (Fsp3) is 0.917. The fourth-order valence-electron chi connectivity index (χ4n) is 3.13. The number of Topliss-reactive ketones (excluding diaryl/α,β-unsaturated/α-hetero) is 1. The van der Waals surface area contributed by atoms with Crippen LogP contribution in [0.2, 0.25) is 0 Å². The second-order valence-electron chi connectivity index (χ2n) is 5.79. The van der Waals surface area contributed by atoms with Crippen molar-refractivity contribution < 1.29 is 4.79 Å². The first-order chi connectivity index (χ1) is 5.87. The molecule has 0 radical (unpaired) electrons. The molecule has 1 unspecified atom stereocenters. The summed E-state index contributed by atoms with van der Waals surface area (Å²) >= 11 is 0. The Morgan fingerprint density at radius 3 is 2.31 bits per heavy atom. The molecule has 0 bridgehead atoms. The number of hydrogen-bond donors (Lipinski definition) is 0. The lowest BCUT2D eigenvalue weighted by atomic mass is 9.62. The Kier molecular flexibility index (Phi) is 2.84. The molecule has 1 heteroatoms. The van der Waals surface area contributed by atoms with Gasteiger partial charge in [-0.1, -0.05) is 34.1 Å². The SMILES string of the molecule is CCCC1(C)CC(=O)CC(C)(C)C1. The first kappa shape index (κ1) is 10.7. The fourth-order valence-corrected chi connectivity index (χ4v) is 3.13. The largest absolute Gasteiger partial charge is 0.300 e.